The number of ether oxygens (including phenoxy) is 1. The molecule has 0 heterocycles. The van der Waals surface area contributed by atoms with Crippen molar-refractivity contribution in [1.29, 1.82) is 0 Å². The summed E-state index contributed by atoms with van der Waals surface area (Å²) in [5.41, 5.74) is 2.38. The van der Waals surface area contributed by atoms with Crippen molar-refractivity contribution in [2.75, 3.05) is 13.7 Å². The average Bonchev–Trinajstić information content (AvgIpc) is 2.25. The Morgan fingerprint density at radius 2 is 2.00 bits per heavy atom. The van der Waals surface area contributed by atoms with E-state index in [1.54, 1.807) is 19.2 Å². The highest BCUT2D eigenvalue weighted by molar-refractivity contribution is 5.77. The van der Waals surface area contributed by atoms with Crippen molar-refractivity contribution in [2.45, 2.75) is 19.8 Å². The lowest BCUT2D eigenvalue weighted by molar-refractivity contribution is -0.139. The molecule has 1 atom stereocenters. The van der Waals surface area contributed by atoms with Gasteiger partial charge in [0, 0.05) is 0 Å². The predicted molar refractivity (Wildman–Crippen MR) is 59.9 cm³/mol. The Morgan fingerprint density at radius 3 is 2.44 bits per heavy atom. The molecule has 0 fully saturated rings. The minimum absolute atomic E-state index is 0.401. The Morgan fingerprint density at radius 1 is 1.38 bits per heavy atom. The number of rotatable bonds is 4. The number of aliphatic hydroxyl groups excluding tert-OH is 1. The Hall–Kier alpha value is -1.55. The van der Waals surface area contributed by atoms with Crippen LogP contribution in [0.3, 0.4) is 0 Å². The molecule has 1 aromatic carbocycles. The summed E-state index contributed by atoms with van der Waals surface area (Å²) < 4.78 is 5.14. The fraction of sp³-hybridized carbons (Fsp3) is 0.417. The van der Waals surface area contributed by atoms with Crippen molar-refractivity contribution in [3.63, 3.8) is 0 Å². The van der Waals surface area contributed by atoms with Crippen LogP contribution >= 0.6 is 0 Å². The van der Waals surface area contributed by atoms with Crippen molar-refractivity contribution in [2.24, 2.45) is 0 Å². The maximum absolute atomic E-state index is 11.0. The molecule has 4 heteroatoms. The molecule has 0 saturated heterocycles. The fourth-order valence-electron chi connectivity index (χ4n) is 1.72. The number of benzene rings is 1. The summed E-state index contributed by atoms with van der Waals surface area (Å²) in [6.45, 7) is 3.30. The largest absolute Gasteiger partial charge is 0.496 e. The first-order valence-corrected chi connectivity index (χ1v) is 5.00. The molecule has 1 aromatic rings. The molecular formula is C12H16O4. The van der Waals surface area contributed by atoms with Crippen LogP contribution in [0.5, 0.6) is 5.75 Å². The van der Waals surface area contributed by atoms with Gasteiger partial charge in [-0.05, 0) is 36.6 Å². The second-order valence-corrected chi connectivity index (χ2v) is 3.68. The van der Waals surface area contributed by atoms with Crippen LogP contribution in [0.2, 0.25) is 0 Å². The van der Waals surface area contributed by atoms with E-state index in [1.165, 1.54) is 0 Å². The van der Waals surface area contributed by atoms with Crippen molar-refractivity contribution >= 4 is 5.97 Å². The monoisotopic (exact) mass is 224 g/mol. The molecule has 16 heavy (non-hydrogen) atoms. The van der Waals surface area contributed by atoms with E-state index in [-0.39, 0.29) is 0 Å². The summed E-state index contributed by atoms with van der Waals surface area (Å²) >= 11 is 0. The van der Waals surface area contributed by atoms with Gasteiger partial charge in [0.25, 0.3) is 0 Å². The smallest absolute Gasteiger partial charge is 0.313 e. The molecule has 1 rings (SSSR count). The van der Waals surface area contributed by atoms with Crippen LogP contribution in [0.25, 0.3) is 0 Å². The third kappa shape index (κ3) is 2.17. The van der Waals surface area contributed by atoms with E-state index in [0.717, 1.165) is 16.9 Å². The molecule has 4 nitrogen and oxygen atoms in total. The molecule has 2 N–H and O–H groups in total. The second-order valence-electron chi connectivity index (χ2n) is 3.68. The Balaban J connectivity index is 3.25. The van der Waals surface area contributed by atoms with Gasteiger partial charge in [0.05, 0.1) is 13.7 Å². The summed E-state index contributed by atoms with van der Waals surface area (Å²) in [6.07, 6.45) is 0. The van der Waals surface area contributed by atoms with E-state index in [1.807, 2.05) is 13.8 Å². The minimum atomic E-state index is -1.02. The van der Waals surface area contributed by atoms with Gasteiger partial charge >= 0.3 is 5.97 Å². The van der Waals surface area contributed by atoms with E-state index >= 15 is 0 Å². The fourth-order valence-corrected chi connectivity index (χ4v) is 1.72. The van der Waals surface area contributed by atoms with Gasteiger partial charge in [-0.1, -0.05) is 6.07 Å². The summed E-state index contributed by atoms with van der Waals surface area (Å²) in [7, 11) is 1.57. The minimum Gasteiger partial charge on any atom is -0.496 e. The number of hydrogen-bond acceptors (Lipinski definition) is 3. The topological polar surface area (TPSA) is 66.8 Å². The standard InChI is InChI=1S/C12H16O4/c1-7-8(2)11(16-3)5-4-9(7)10(6-13)12(14)15/h4-5,10,13H,6H2,1-3H3,(H,14,15). The third-order valence-corrected chi connectivity index (χ3v) is 2.86. The predicted octanol–water partition coefficient (Wildman–Crippen LogP) is 1.47. The lowest BCUT2D eigenvalue weighted by Crippen LogP contribution is -2.17. The zero-order valence-electron chi connectivity index (χ0n) is 9.65. The summed E-state index contributed by atoms with van der Waals surface area (Å²) in [6, 6.07) is 3.42. The molecule has 1 unspecified atom stereocenters. The molecule has 0 spiro atoms. The van der Waals surface area contributed by atoms with E-state index in [4.69, 9.17) is 14.9 Å². The lowest BCUT2D eigenvalue weighted by Gasteiger charge is -2.16. The van der Waals surface area contributed by atoms with Crippen LogP contribution in [-0.2, 0) is 4.79 Å². The molecular weight excluding hydrogens is 208 g/mol. The van der Waals surface area contributed by atoms with Crippen LogP contribution < -0.4 is 4.74 Å². The molecule has 0 amide bonds. The van der Waals surface area contributed by atoms with Crippen molar-refractivity contribution in [1.82, 2.24) is 0 Å². The molecule has 0 aliphatic heterocycles. The highest BCUT2D eigenvalue weighted by Crippen LogP contribution is 2.28. The van der Waals surface area contributed by atoms with Crippen molar-refractivity contribution in [3.8, 4) is 5.75 Å². The van der Waals surface area contributed by atoms with E-state index in [0.29, 0.717) is 5.56 Å². The van der Waals surface area contributed by atoms with Gasteiger partial charge in [-0.15, -0.1) is 0 Å². The second kappa shape index (κ2) is 4.99. The summed E-state index contributed by atoms with van der Waals surface area (Å²) in [4.78, 5) is 11.0. The van der Waals surface area contributed by atoms with Crippen LogP contribution in [0.15, 0.2) is 12.1 Å². The molecule has 0 radical (unpaired) electrons. The van der Waals surface area contributed by atoms with Crippen LogP contribution in [0.4, 0.5) is 0 Å². The van der Waals surface area contributed by atoms with Crippen molar-refractivity contribution < 1.29 is 19.7 Å². The molecule has 0 bridgehead atoms. The normalized spacial score (nSPS) is 12.2. The van der Waals surface area contributed by atoms with Crippen LogP contribution in [0, 0.1) is 13.8 Å². The molecule has 88 valence electrons. The van der Waals surface area contributed by atoms with E-state index in [9.17, 15) is 4.79 Å². The number of aliphatic hydroxyl groups is 1. The number of carboxylic acids is 1. The van der Waals surface area contributed by atoms with Gasteiger partial charge in [0.1, 0.15) is 11.7 Å². The first-order valence-electron chi connectivity index (χ1n) is 5.00. The maximum Gasteiger partial charge on any atom is 0.313 e. The molecule has 0 aliphatic rings. The number of carbonyl (C=O) groups is 1. The number of methoxy groups -OCH3 is 1. The zero-order valence-corrected chi connectivity index (χ0v) is 9.65. The number of carboxylic acid groups (broad SMARTS) is 1. The quantitative estimate of drug-likeness (QED) is 0.812. The summed E-state index contributed by atoms with van der Waals surface area (Å²) in [5.74, 6) is -1.16. The lowest BCUT2D eigenvalue weighted by atomic mass is 9.92. The van der Waals surface area contributed by atoms with Crippen molar-refractivity contribution in [3.05, 3.63) is 28.8 Å². The average molecular weight is 224 g/mol. The van der Waals surface area contributed by atoms with E-state index < -0.39 is 18.5 Å². The van der Waals surface area contributed by atoms with Crippen LogP contribution in [-0.4, -0.2) is 29.9 Å². The van der Waals surface area contributed by atoms with Gasteiger partial charge < -0.3 is 14.9 Å². The Bertz CT molecular complexity index is 398. The SMILES string of the molecule is COc1ccc(C(CO)C(=O)O)c(C)c1C. The highest BCUT2D eigenvalue weighted by Gasteiger charge is 2.22. The Labute approximate surface area is 94.5 Å². The Kier molecular flexibility index (Phi) is 3.90. The van der Waals surface area contributed by atoms with Gasteiger partial charge in [0.2, 0.25) is 0 Å². The summed E-state index contributed by atoms with van der Waals surface area (Å²) in [5, 5.41) is 18.1. The molecule has 0 aliphatic carbocycles. The van der Waals surface area contributed by atoms with Gasteiger partial charge in [-0.2, -0.15) is 0 Å². The first kappa shape index (κ1) is 12.5. The van der Waals surface area contributed by atoms with Gasteiger partial charge in [-0.3, -0.25) is 4.79 Å². The van der Waals surface area contributed by atoms with Gasteiger partial charge in [0.15, 0.2) is 0 Å². The first-order chi connectivity index (χ1) is 7.52. The molecule has 0 aromatic heterocycles. The van der Waals surface area contributed by atoms with Crippen LogP contribution in [0.1, 0.15) is 22.6 Å². The number of aliphatic carboxylic acids is 1. The third-order valence-electron chi connectivity index (χ3n) is 2.86. The number of hydrogen-bond donors (Lipinski definition) is 2. The maximum atomic E-state index is 11.0. The van der Waals surface area contributed by atoms with Gasteiger partial charge in [-0.25, -0.2) is 0 Å². The molecule has 0 saturated carbocycles. The highest BCUT2D eigenvalue weighted by atomic mass is 16.5. The van der Waals surface area contributed by atoms with E-state index in [2.05, 4.69) is 0 Å². The zero-order chi connectivity index (χ0) is 12.3.